The van der Waals surface area contributed by atoms with E-state index in [2.05, 4.69) is 4.74 Å². The van der Waals surface area contributed by atoms with E-state index in [0.29, 0.717) is 13.1 Å². The molecule has 0 amide bonds. The van der Waals surface area contributed by atoms with Crippen LogP contribution in [-0.2, 0) is 9.53 Å². The van der Waals surface area contributed by atoms with Crippen LogP contribution in [0.15, 0.2) is 0 Å². The summed E-state index contributed by atoms with van der Waals surface area (Å²) in [6.07, 6.45) is -12.4. The number of unbranched alkanes of at least 4 members (excludes halogenated alkanes) is 2. The number of halogens is 6. The Balaban J connectivity index is 4.53. The summed E-state index contributed by atoms with van der Waals surface area (Å²) in [5, 5.41) is 0. The fraction of sp³-hybridized carbons (Fsp3) is 0.929. The Labute approximate surface area is 132 Å². The van der Waals surface area contributed by atoms with Gasteiger partial charge in [-0.05, 0) is 25.9 Å². The Bertz CT molecular complexity index is 321. The largest absolute Gasteiger partial charge is 0.443 e. The Morgan fingerprint density at radius 1 is 0.913 bits per heavy atom. The van der Waals surface area contributed by atoms with Crippen LogP contribution >= 0.6 is 0 Å². The predicted octanol–water partition coefficient (Wildman–Crippen LogP) is 4.32. The smallest absolute Gasteiger partial charge is 0.434 e. The summed E-state index contributed by atoms with van der Waals surface area (Å²) in [4.78, 5) is 13.2. The van der Waals surface area contributed by atoms with Gasteiger partial charge in [-0.3, -0.25) is 4.79 Å². The van der Waals surface area contributed by atoms with Crippen LogP contribution in [0, 0.1) is 0 Å². The zero-order valence-electron chi connectivity index (χ0n) is 13.3. The molecule has 0 aliphatic carbocycles. The lowest BCUT2D eigenvalue weighted by molar-refractivity contribution is -0.313. The van der Waals surface area contributed by atoms with Crippen molar-refractivity contribution in [1.82, 2.24) is 4.90 Å². The molecule has 138 valence electrons. The SMILES string of the molecule is CCCCN(CCCC)CCC(=O)OC(C(F)(F)F)C(F)(F)F. The van der Waals surface area contributed by atoms with Gasteiger partial charge in [0.15, 0.2) is 0 Å². The van der Waals surface area contributed by atoms with E-state index in [1.807, 2.05) is 18.7 Å². The lowest BCUT2D eigenvalue weighted by Crippen LogP contribution is -2.45. The number of rotatable bonds is 10. The second-order valence-corrected chi connectivity index (χ2v) is 5.25. The first kappa shape index (κ1) is 22.0. The third-order valence-electron chi connectivity index (χ3n) is 3.13. The van der Waals surface area contributed by atoms with Gasteiger partial charge in [0, 0.05) is 6.54 Å². The van der Waals surface area contributed by atoms with Crippen molar-refractivity contribution in [2.24, 2.45) is 0 Å². The molecule has 23 heavy (non-hydrogen) atoms. The van der Waals surface area contributed by atoms with Crippen LogP contribution in [0.5, 0.6) is 0 Å². The molecule has 0 spiro atoms. The molecule has 0 unspecified atom stereocenters. The average molecular weight is 351 g/mol. The molecule has 0 aromatic heterocycles. The highest BCUT2D eigenvalue weighted by Crippen LogP contribution is 2.35. The maximum Gasteiger partial charge on any atom is 0.434 e. The fourth-order valence-corrected chi connectivity index (χ4v) is 1.86. The van der Waals surface area contributed by atoms with E-state index < -0.39 is 30.8 Å². The number of hydrogen-bond acceptors (Lipinski definition) is 3. The van der Waals surface area contributed by atoms with Crippen molar-refractivity contribution in [1.29, 1.82) is 0 Å². The molecular weight excluding hydrogens is 328 g/mol. The second-order valence-electron chi connectivity index (χ2n) is 5.25. The summed E-state index contributed by atoms with van der Waals surface area (Å²) < 4.78 is 77.4. The van der Waals surface area contributed by atoms with E-state index in [9.17, 15) is 31.1 Å². The predicted molar refractivity (Wildman–Crippen MR) is 72.9 cm³/mol. The van der Waals surface area contributed by atoms with E-state index in [0.717, 1.165) is 25.7 Å². The zero-order valence-corrected chi connectivity index (χ0v) is 13.3. The fourth-order valence-electron chi connectivity index (χ4n) is 1.86. The topological polar surface area (TPSA) is 29.5 Å². The maximum atomic E-state index is 12.3. The van der Waals surface area contributed by atoms with E-state index >= 15 is 0 Å². The van der Waals surface area contributed by atoms with Crippen molar-refractivity contribution in [2.75, 3.05) is 19.6 Å². The zero-order chi connectivity index (χ0) is 18.1. The molecular formula is C14H23F6NO2. The molecule has 0 aromatic rings. The molecule has 9 heteroatoms. The van der Waals surface area contributed by atoms with Crippen LogP contribution in [0.1, 0.15) is 46.0 Å². The number of esters is 1. The van der Waals surface area contributed by atoms with E-state index in [-0.39, 0.29) is 6.54 Å². The Morgan fingerprint density at radius 3 is 1.70 bits per heavy atom. The van der Waals surface area contributed by atoms with Crippen LogP contribution in [0.3, 0.4) is 0 Å². The lowest BCUT2D eigenvalue weighted by Gasteiger charge is -2.24. The van der Waals surface area contributed by atoms with Gasteiger partial charge in [0.05, 0.1) is 6.42 Å². The van der Waals surface area contributed by atoms with Crippen molar-refractivity contribution in [2.45, 2.75) is 64.4 Å². The van der Waals surface area contributed by atoms with E-state index in [1.54, 1.807) is 0 Å². The summed E-state index contributed by atoms with van der Waals surface area (Å²) in [5.74, 6) is -1.50. The summed E-state index contributed by atoms with van der Waals surface area (Å²) in [7, 11) is 0. The molecule has 0 atom stereocenters. The van der Waals surface area contributed by atoms with Gasteiger partial charge in [-0.25, -0.2) is 0 Å². The number of carbonyl (C=O) groups excluding carboxylic acids is 1. The third kappa shape index (κ3) is 9.68. The lowest BCUT2D eigenvalue weighted by atomic mass is 10.2. The van der Waals surface area contributed by atoms with Gasteiger partial charge in [-0.2, -0.15) is 26.3 Å². The minimum atomic E-state index is -5.67. The number of ether oxygens (including phenoxy) is 1. The van der Waals surface area contributed by atoms with Crippen LogP contribution in [-0.4, -0.2) is 49.0 Å². The van der Waals surface area contributed by atoms with Crippen LogP contribution in [0.25, 0.3) is 0 Å². The summed E-state index contributed by atoms with van der Waals surface area (Å²) in [6.45, 7) is 5.30. The third-order valence-corrected chi connectivity index (χ3v) is 3.13. The molecule has 0 saturated carbocycles. The molecule has 0 N–H and O–H groups in total. The molecule has 0 radical (unpaired) electrons. The maximum absolute atomic E-state index is 12.3. The average Bonchev–Trinajstić information content (AvgIpc) is 2.41. The van der Waals surface area contributed by atoms with Crippen LogP contribution in [0.2, 0.25) is 0 Å². The van der Waals surface area contributed by atoms with E-state index in [1.165, 1.54) is 0 Å². The molecule has 0 rings (SSSR count). The van der Waals surface area contributed by atoms with Crippen molar-refractivity contribution < 1.29 is 35.9 Å². The minimum absolute atomic E-state index is 0.0846. The van der Waals surface area contributed by atoms with Crippen molar-refractivity contribution in [3.63, 3.8) is 0 Å². The van der Waals surface area contributed by atoms with Gasteiger partial charge in [0.1, 0.15) is 0 Å². The van der Waals surface area contributed by atoms with Crippen molar-refractivity contribution in [3.8, 4) is 0 Å². The normalized spacial score (nSPS) is 13.0. The van der Waals surface area contributed by atoms with Crippen LogP contribution < -0.4 is 0 Å². The standard InChI is InChI=1S/C14H23F6NO2/c1-3-5-8-21(9-6-4-2)10-7-11(22)23-12(13(15,16)17)14(18,19)20/h12H,3-10H2,1-2H3. The van der Waals surface area contributed by atoms with Crippen molar-refractivity contribution >= 4 is 5.97 Å². The first-order valence-corrected chi connectivity index (χ1v) is 7.57. The second kappa shape index (κ2) is 10.00. The van der Waals surface area contributed by atoms with Gasteiger partial charge in [0.25, 0.3) is 6.10 Å². The molecule has 0 bridgehead atoms. The number of alkyl halides is 6. The minimum Gasteiger partial charge on any atom is -0.443 e. The first-order valence-electron chi connectivity index (χ1n) is 7.57. The van der Waals surface area contributed by atoms with Crippen LogP contribution in [0.4, 0.5) is 26.3 Å². The van der Waals surface area contributed by atoms with Gasteiger partial charge >= 0.3 is 18.3 Å². The summed E-state index contributed by atoms with van der Waals surface area (Å²) >= 11 is 0. The Morgan fingerprint density at radius 2 is 1.35 bits per heavy atom. The number of hydrogen-bond donors (Lipinski definition) is 0. The summed E-state index contributed by atoms with van der Waals surface area (Å²) in [6, 6.07) is 0. The highest BCUT2D eigenvalue weighted by atomic mass is 19.4. The van der Waals surface area contributed by atoms with Gasteiger partial charge in [-0.1, -0.05) is 26.7 Å². The van der Waals surface area contributed by atoms with Gasteiger partial charge in [-0.15, -0.1) is 0 Å². The van der Waals surface area contributed by atoms with E-state index in [4.69, 9.17) is 0 Å². The van der Waals surface area contributed by atoms with Crippen molar-refractivity contribution in [3.05, 3.63) is 0 Å². The Kier molecular flexibility index (Phi) is 9.57. The molecule has 3 nitrogen and oxygen atoms in total. The first-order chi connectivity index (χ1) is 10.5. The Hall–Kier alpha value is -0.990. The van der Waals surface area contributed by atoms with Gasteiger partial charge < -0.3 is 9.64 Å². The quantitative estimate of drug-likeness (QED) is 0.434. The molecule has 0 aromatic carbocycles. The highest BCUT2D eigenvalue weighted by molar-refractivity contribution is 5.69. The number of nitrogens with zero attached hydrogens (tertiary/aromatic N) is 1. The highest BCUT2D eigenvalue weighted by Gasteiger charge is 2.59. The number of carbonyl (C=O) groups is 1. The monoisotopic (exact) mass is 351 g/mol. The summed E-state index contributed by atoms with van der Waals surface area (Å²) in [5.41, 5.74) is 0. The van der Waals surface area contributed by atoms with Gasteiger partial charge in [0.2, 0.25) is 0 Å². The molecule has 0 fully saturated rings. The molecule has 0 aliphatic rings. The molecule has 0 saturated heterocycles. The molecule has 0 aliphatic heterocycles. The molecule has 0 heterocycles.